The van der Waals surface area contributed by atoms with Crippen molar-refractivity contribution in [3.63, 3.8) is 0 Å². The number of carbonyl (C=O) groups is 2. The first kappa shape index (κ1) is 17.9. The fraction of sp³-hybridized carbons (Fsp3) is 0.375. The van der Waals surface area contributed by atoms with Crippen LogP contribution in [0.4, 0.5) is 4.79 Å². The molecule has 7 nitrogen and oxygen atoms in total. The molecule has 2 aliphatic rings. The summed E-state index contributed by atoms with van der Waals surface area (Å²) < 4.78 is 5.35. The molecule has 4 rings (SSSR count). The van der Waals surface area contributed by atoms with Crippen molar-refractivity contribution in [2.24, 2.45) is 5.73 Å². The lowest BCUT2D eigenvalue weighted by Gasteiger charge is -2.34. The summed E-state index contributed by atoms with van der Waals surface area (Å²) in [6, 6.07) is 7.41. The lowest BCUT2D eigenvalue weighted by Crippen LogP contribution is -2.44. The molecular weight excluding hydrogens is 364 g/mol. The zero-order chi connectivity index (χ0) is 16.7. The fourth-order valence-corrected chi connectivity index (χ4v) is 3.57. The molecule has 2 N–H and O–H groups in total. The van der Waals surface area contributed by atoms with Crippen molar-refractivity contribution >= 4 is 35.3 Å². The van der Waals surface area contributed by atoms with Gasteiger partial charge in [0.25, 0.3) is 11.1 Å². The SMILES string of the molecule is Cl.NC1(c2noc(-c3cccc(CN4C(=O)CSC4=O)c3)n2)CCC1. The summed E-state index contributed by atoms with van der Waals surface area (Å²) >= 11 is 1.03. The van der Waals surface area contributed by atoms with Gasteiger partial charge in [0.2, 0.25) is 5.91 Å². The van der Waals surface area contributed by atoms with Crippen molar-refractivity contribution in [3.05, 3.63) is 35.7 Å². The van der Waals surface area contributed by atoms with Gasteiger partial charge >= 0.3 is 0 Å². The average molecular weight is 381 g/mol. The predicted octanol–water partition coefficient (Wildman–Crippen LogP) is 2.69. The minimum atomic E-state index is -0.467. The number of aromatic nitrogens is 2. The van der Waals surface area contributed by atoms with Crippen LogP contribution >= 0.6 is 24.2 Å². The minimum Gasteiger partial charge on any atom is -0.334 e. The van der Waals surface area contributed by atoms with Gasteiger partial charge < -0.3 is 10.3 Å². The largest absolute Gasteiger partial charge is 0.334 e. The van der Waals surface area contributed by atoms with Crippen molar-refractivity contribution in [1.82, 2.24) is 15.0 Å². The Kier molecular flexibility index (Phi) is 4.86. The summed E-state index contributed by atoms with van der Waals surface area (Å²) in [5.74, 6) is 0.988. The van der Waals surface area contributed by atoms with Crippen LogP contribution < -0.4 is 5.73 Å². The fourth-order valence-electron chi connectivity index (χ4n) is 2.84. The van der Waals surface area contributed by atoms with Gasteiger partial charge in [-0.15, -0.1) is 12.4 Å². The highest BCUT2D eigenvalue weighted by atomic mass is 35.5. The highest BCUT2D eigenvalue weighted by Gasteiger charge is 2.39. The van der Waals surface area contributed by atoms with Crippen LogP contribution in [0.5, 0.6) is 0 Å². The molecule has 1 aromatic carbocycles. The third-order valence-electron chi connectivity index (χ3n) is 4.47. The number of hydrogen-bond acceptors (Lipinski definition) is 7. The third kappa shape index (κ3) is 3.29. The first-order valence-electron chi connectivity index (χ1n) is 7.75. The average Bonchev–Trinajstić information content (AvgIpc) is 3.16. The van der Waals surface area contributed by atoms with Crippen LogP contribution in [0.3, 0.4) is 0 Å². The Labute approximate surface area is 154 Å². The zero-order valence-electron chi connectivity index (χ0n) is 13.3. The highest BCUT2D eigenvalue weighted by Crippen LogP contribution is 2.37. The van der Waals surface area contributed by atoms with E-state index < -0.39 is 5.54 Å². The lowest BCUT2D eigenvalue weighted by molar-refractivity contribution is -0.125. The maximum Gasteiger partial charge on any atom is 0.289 e. The molecule has 1 aromatic heterocycles. The van der Waals surface area contributed by atoms with Gasteiger partial charge in [0, 0.05) is 5.56 Å². The number of imide groups is 1. The Hall–Kier alpha value is -1.90. The number of rotatable bonds is 4. The highest BCUT2D eigenvalue weighted by molar-refractivity contribution is 8.14. The summed E-state index contributed by atoms with van der Waals surface area (Å²) in [7, 11) is 0. The second-order valence-corrected chi connectivity index (χ2v) is 7.09. The Morgan fingerprint density at radius 2 is 2.12 bits per heavy atom. The van der Waals surface area contributed by atoms with E-state index in [2.05, 4.69) is 10.1 Å². The Morgan fingerprint density at radius 1 is 1.32 bits per heavy atom. The molecule has 0 radical (unpaired) electrons. The van der Waals surface area contributed by atoms with Crippen molar-refractivity contribution < 1.29 is 14.1 Å². The van der Waals surface area contributed by atoms with Crippen LogP contribution in [0.25, 0.3) is 11.5 Å². The Bertz CT molecular complexity index is 805. The van der Waals surface area contributed by atoms with Crippen molar-refractivity contribution in [1.29, 1.82) is 0 Å². The van der Waals surface area contributed by atoms with Crippen LogP contribution in [-0.4, -0.2) is 31.9 Å². The van der Waals surface area contributed by atoms with Crippen LogP contribution in [0.15, 0.2) is 28.8 Å². The minimum absolute atomic E-state index is 0. The lowest BCUT2D eigenvalue weighted by atomic mass is 9.77. The van der Waals surface area contributed by atoms with Gasteiger partial charge in [-0.2, -0.15) is 4.98 Å². The topological polar surface area (TPSA) is 102 Å². The molecule has 0 atom stereocenters. The summed E-state index contributed by atoms with van der Waals surface area (Å²) in [5, 5.41) is 3.80. The van der Waals surface area contributed by atoms with Gasteiger partial charge in [-0.05, 0) is 37.0 Å². The maximum absolute atomic E-state index is 11.7. The number of hydrogen-bond donors (Lipinski definition) is 1. The predicted molar refractivity (Wildman–Crippen MR) is 95.1 cm³/mol. The van der Waals surface area contributed by atoms with E-state index in [1.54, 1.807) is 0 Å². The summed E-state index contributed by atoms with van der Waals surface area (Å²) in [4.78, 5) is 29.1. The molecule has 2 heterocycles. The van der Waals surface area contributed by atoms with Crippen molar-refractivity contribution in [2.45, 2.75) is 31.3 Å². The standard InChI is InChI=1S/C16H16N4O3S.ClH/c17-16(5-2-6-16)14-18-13(23-19-14)11-4-1-3-10(7-11)8-20-12(21)9-24-15(20)22;/h1,3-4,7H,2,5-6,8-9,17H2;1H. The number of nitrogens with zero attached hydrogens (tertiary/aromatic N) is 3. The Morgan fingerprint density at radius 3 is 2.76 bits per heavy atom. The van der Waals surface area contributed by atoms with E-state index >= 15 is 0 Å². The van der Waals surface area contributed by atoms with Gasteiger partial charge in [-0.3, -0.25) is 14.5 Å². The molecule has 1 aliphatic heterocycles. The van der Waals surface area contributed by atoms with Crippen LogP contribution in [-0.2, 0) is 16.9 Å². The van der Waals surface area contributed by atoms with Gasteiger partial charge in [0.1, 0.15) is 0 Å². The first-order valence-corrected chi connectivity index (χ1v) is 8.73. The van der Waals surface area contributed by atoms with Gasteiger partial charge in [-0.1, -0.05) is 29.1 Å². The van der Waals surface area contributed by atoms with Gasteiger partial charge in [0.15, 0.2) is 5.82 Å². The number of halogens is 1. The molecule has 1 saturated carbocycles. The Balaban J connectivity index is 0.00000182. The molecule has 0 spiro atoms. The number of benzene rings is 1. The van der Waals surface area contributed by atoms with E-state index in [1.165, 1.54) is 4.90 Å². The smallest absolute Gasteiger partial charge is 0.289 e. The molecule has 25 heavy (non-hydrogen) atoms. The molecule has 132 valence electrons. The van der Waals surface area contributed by atoms with E-state index in [4.69, 9.17) is 10.3 Å². The molecule has 0 unspecified atom stereocenters. The van der Waals surface area contributed by atoms with Crippen LogP contribution in [0.2, 0.25) is 0 Å². The first-order chi connectivity index (χ1) is 11.5. The molecule has 0 bridgehead atoms. The van der Waals surface area contributed by atoms with E-state index in [9.17, 15) is 9.59 Å². The number of amides is 2. The second-order valence-electron chi connectivity index (χ2n) is 6.17. The van der Waals surface area contributed by atoms with Crippen molar-refractivity contribution in [3.8, 4) is 11.5 Å². The molecule has 2 fully saturated rings. The van der Waals surface area contributed by atoms with Crippen molar-refractivity contribution in [2.75, 3.05) is 5.75 Å². The van der Waals surface area contributed by atoms with Crippen LogP contribution in [0.1, 0.15) is 30.7 Å². The molecule has 9 heteroatoms. The summed E-state index contributed by atoms with van der Waals surface area (Å²) in [6.45, 7) is 0.250. The molecule has 2 aromatic rings. The van der Waals surface area contributed by atoms with E-state index in [0.717, 1.165) is 42.2 Å². The quantitative estimate of drug-likeness (QED) is 0.869. The van der Waals surface area contributed by atoms with Crippen LogP contribution in [0, 0.1) is 0 Å². The molecule has 1 aliphatic carbocycles. The zero-order valence-corrected chi connectivity index (χ0v) is 14.9. The summed E-state index contributed by atoms with van der Waals surface area (Å²) in [6.07, 6.45) is 2.80. The molecular formula is C16H17ClN4O3S. The van der Waals surface area contributed by atoms with E-state index in [-0.39, 0.29) is 35.9 Å². The number of thioether (sulfide) groups is 1. The second kappa shape index (κ2) is 6.78. The van der Waals surface area contributed by atoms with E-state index in [0.29, 0.717) is 11.7 Å². The number of carbonyl (C=O) groups excluding carboxylic acids is 2. The third-order valence-corrected chi connectivity index (χ3v) is 5.33. The van der Waals surface area contributed by atoms with E-state index in [1.807, 2.05) is 24.3 Å². The monoisotopic (exact) mass is 380 g/mol. The maximum atomic E-state index is 11.7. The normalized spacial score (nSPS) is 18.8. The number of nitrogens with two attached hydrogens (primary N) is 1. The molecule has 1 saturated heterocycles. The molecule has 2 amide bonds. The van der Waals surface area contributed by atoms with Gasteiger partial charge in [-0.25, -0.2) is 0 Å². The van der Waals surface area contributed by atoms with Gasteiger partial charge in [0.05, 0.1) is 17.8 Å². The summed E-state index contributed by atoms with van der Waals surface area (Å²) in [5.41, 5.74) is 7.34.